The van der Waals surface area contributed by atoms with E-state index < -0.39 is 13.7 Å². The summed E-state index contributed by atoms with van der Waals surface area (Å²) in [6.45, 7) is 8.07. The Morgan fingerprint density at radius 1 is 0.878 bits per heavy atom. The van der Waals surface area contributed by atoms with Crippen LogP contribution in [0.5, 0.6) is 5.75 Å². The molecule has 3 aromatic rings. The van der Waals surface area contributed by atoms with Crippen LogP contribution in [0.1, 0.15) is 59.3 Å². The number of Topliss-reactive ketones (excluding diaryl/α,β-unsaturated/α-hetero) is 1. The van der Waals surface area contributed by atoms with E-state index in [0.717, 1.165) is 37.9 Å². The van der Waals surface area contributed by atoms with Crippen molar-refractivity contribution in [1.29, 1.82) is 0 Å². The monoisotopic (exact) mass is 570 g/mol. The summed E-state index contributed by atoms with van der Waals surface area (Å²) < 4.78 is 19.6. The van der Waals surface area contributed by atoms with Gasteiger partial charge in [-0.2, -0.15) is 0 Å². The molecule has 2 saturated carbocycles. The fourth-order valence-corrected chi connectivity index (χ4v) is 12.5. The summed E-state index contributed by atoms with van der Waals surface area (Å²) in [4.78, 5) is 13.9. The Morgan fingerprint density at radius 2 is 1.46 bits per heavy atom. The summed E-state index contributed by atoms with van der Waals surface area (Å²) in [5.74, 6) is 1.63. The lowest BCUT2D eigenvalue weighted by Gasteiger charge is -2.44. The molecule has 3 aromatic carbocycles. The van der Waals surface area contributed by atoms with Crippen LogP contribution >= 0.6 is 0 Å². The lowest BCUT2D eigenvalue weighted by atomic mass is 9.61. The number of hydrogen-bond acceptors (Lipinski definition) is 4. The van der Waals surface area contributed by atoms with Crippen LogP contribution in [0.2, 0.25) is 5.04 Å². The first-order valence-electron chi connectivity index (χ1n) is 15.3. The van der Waals surface area contributed by atoms with E-state index in [-0.39, 0.29) is 17.1 Å². The summed E-state index contributed by atoms with van der Waals surface area (Å²) in [5, 5.41) is 2.51. The zero-order valence-corrected chi connectivity index (χ0v) is 26.2. The molecule has 0 unspecified atom stereocenters. The van der Waals surface area contributed by atoms with Gasteiger partial charge in [0.25, 0.3) is 8.32 Å². The van der Waals surface area contributed by atoms with Crippen LogP contribution in [-0.2, 0) is 14.0 Å². The van der Waals surface area contributed by atoms with Gasteiger partial charge in [-0.05, 0) is 65.6 Å². The highest BCUT2D eigenvalue weighted by atomic mass is 28.4. The van der Waals surface area contributed by atoms with Crippen LogP contribution in [-0.4, -0.2) is 40.5 Å². The first-order valence-corrected chi connectivity index (χ1v) is 17.2. The van der Waals surface area contributed by atoms with Gasteiger partial charge < -0.3 is 13.9 Å². The van der Waals surface area contributed by atoms with Crippen LogP contribution in [0.15, 0.2) is 91.0 Å². The van der Waals surface area contributed by atoms with E-state index in [9.17, 15) is 4.79 Å². The first-order chi connectivity index (χ1) is 19.8. The number of rotatable bonds is 11. The molecule has 0 saturated heterocycles. The summed E-state index contributed by atoms with van der Waals surface area (Å²) in [6, 6.07) is 31.6. The second-order valence-corrected chi connectivity index (χ2v) is 17.2. The number of hydrogen-bond donors (Lipinski definition) is 0. The van der Waals surface area contributed by atoms with Crippen molar-refractivity contribution in [2.24, 2.45) is 17.3 Å². The minimum atomic E-state index is -2.62. The van der Waals surface area contributed by atoms with Crippen molar-refractivity contribution in [1.82, 2.24) is 0 Å². The van der Waals surface area contributed by atoms with Gasteiger partial charge in [-0.1, -0.05) is 99.6 Å². The van der Waals surface area contributed by atoms with E-state index in [1.807, 2.05) is 30.3 Å². The third-order valence-electron chi connectivity index (χ3n) is 9.78. The van der Waals surface area contributed by atoms with Gasteiger partial charge >= 0.3 is 0 Å². The van der Waals surface area contributed by atoms with Crippen LogP contribution in [0.3, 0.4) is 0 Å². The minimum absolute atomic E-state index is 0.0309. The van der Waals surface area contributed by atoms with Crippen molar-refractivity contribution in [2.75, 3.05) is 20.3 Å². The zero-order valence-electron chi connectivity index (χ0n) is 25.2. The normalized spacial score (nSPS) is 24.7. The van der Waals surface area contributed by atoms with Gasteiger partial charge in [0.1, 0.15) is 11.5 Å². The molecule has 0 aromatic heterocycles. The smallest absolute Gasteiger partial charge is 0.261 e. The van der Waals surface area contributed by atoms with Crippen molar-refractivity contribution in [2.45, 2.75) is 70.4 Å². The Balaban J connectivity index is 1.41. The Bertz CT molecular complexity index is 1220. The number of ether oxygens (including phenoxy) is 2. The highest BCUT2D eigenvalue weighted by Gasteiger charge is 2.60. The lowest BCUT2D eigenvalue weighted by Crippen LogP contribution is -2.66. The molecule has 0 bridgehead atoms. The van der Waals surface area contributed by atoms with Crippen molar-refractivity contribution in [3.63, 3.8) is 0 Å². The van der Waals surface area contributed by atoms with E-state index in [1.54, 1.807) is 7.11 Å². The van der Waals surface area contributed by atoms with Gasteiger partial charge in [0.05, 0.1) is 12.7 Å². The number of methoxy groups -OCH3 is 1. The standard InChI is InChI=1S/C36H46O4Si/c1-35(2,3)41(30-19-10-6-11-20-30,31-21-12-7-13-22-31)40-25-15-24-36-28(16-14-23-34(36)37)26-33(38-4)32(36)27-39-29-17-8-5-9-18-29/h5-13,17-22,28,32-33H,14-16,23-27H2,1-4H3/t28-,32-,33+,36-/m0/s1. The molecule has 0 heterocycles. The van der Waals surface area contributed by atoms with Crippen molar-refractivity contribution in [3.05, 3.63) is 91.0 Å². The minimum Gasteiger partial charge on any atom is -0.493 e. The summed E-state index contributed by atoms with van der Waals surface area (Å²) in [5.41, 5.74) is -0.414. The van der Waals surface area contributed by atoms with Crippen LogP contribution in [0, 0.1) is 17.3 Å². The SMILES string of the molecule is CO[C@@H]1C[C@@H]2CCCC(=O)[C@]2(CCCO[Si](c2ccccc2)(c2ccccc2)C(C)(C)C)[C@H]1COc1ccccc1. The maximum atomic E-state index is 13.9. The van der Waals surface area contributed by atoms with Gasteiger partial charge in [0, 0.05) is 31.5 Å². The maximum Gasteiger partial charge on any atom is 0.261 e. The summed E-state index contributed by atoms with van der Waals surface area (Å²) >= 11 is 0. The van der Waals surface area contributed by atoms with Crippen molar-refractivity contribution < 1.29 is 18.7 Å². The Hall–Kier alpha value is -2.73. The van der Waals surface area contributed by atoms with E-state index in [0.29, 0.717) is 31.3 Å². The van der Waals surface area contributed by atoms with E-state index in [4.69, 9.17) is 13.9 Å². The molecule has 0 amide bonds. The van der Waals surface area contributed by atoms with E-state index in [1.165, 1.54) is 10.4 Å². The molecular formula is C36H46O4Si. The molecule has 41 heavy (non-hydrogen) atoms. The second kappa shape index (κ2) is 12.6. The molecule has 0 radical (unpaired) electrons. The van der Waals surface area contributed by atoms with Crippen LogP contribution < -0.4 is 15.1 Å². The molecule has 4 nitrogen and oxygen atoms in total. The number of fused-ring (bicyclic) bond motifs is 1. The molecule has 0 spiro atoms. The molecule has 0 N–H and O–H groups in total. The maximum absolute atomic E-state index is 13.9. The molecule has 5 heteroatoms. The largest absolute Gasteiger partial charge is 0.493 e. The van der Waals surface area contributed by atoms with Gasteiger partial charge in [-0.15, -0.1) is 0 Å². The quantitative estimate of drug-likeness (QED) is 0.188. The van der Waals surface area contributed by atoms with Crippen molar-refractivity contribution in [3.8, 4) is 5.75 Å². The highest BCUT2D eigenvalue weighted by Crippen LogP contribution is 2.57. The zero-order chi connectivity index (χ0) is 28.9. The Morgan fingerprint density at radius 3 is 2.02 bits per heavy atom. The molecule has 5 rings (SSSR count). The third-order valence-corrected chi connectivity index (χ3v) is 14.8. The van der Waals surface area contributed by atoms with Gasteiger partial charge in [-0.25, -0.2) is 0 Å². The Kier molecular flexibility index (Phi) is 9.17. The number of carbonyl (C=O) groups excluding carboxylic acids is 1. The highest BCUT2D eigenvalue weighted by molar-refractivity contribution is 6.99. The van der Waals surface area contributed by atoms with Crippen molar-refractivity contribution >= 4 is 24.5 Å². The van der Waals surface area contributed by atoms with E-state index in [2.05, 4.69) is 81.4 Å². The first kappa shape index (κ1) is 29.7. The number of benzene rings is 3. The molecule has 218 valence electrons. The average Bonchev–Trinajstić information content (AvgIpc) is 3.31. The van der Waals surface area contributed by atoms with Gasteiger partial charge in [-0.3, -0.25) is 4.79 Å². The predicted molar refractivity (Wildman–Crippen MR) is 168 cm³/mol. The topological polar surface area (TPSA) is 44.8 Å². The van der Waals surface area contributed by atoms with Crippen LogP contribution in [0.4, 0.5) is 0 Å². The number of carbonyl (C=O) groups is 1. The predicted octanol–water partition coefficient (Wildman–Crippen LogP) is 6.81. The Labute approximate surface area is 247 Å². The molecule has 0 aliphatic heterocycles. The third kappa shape index (κ3) is 5.69. The summed E-state index contributed by atoms with van der Waals surface area (Å²) in [7, 11) is -0.826. The molecular weight excluding hydrogens is 524 g/mol. The molecule has 2 fully saturated rings. The molecule has 2 aliphatic carbocycles. The molecule has 4 atom stereocenters. The second-order valence-electron chi connectivity index (χ2n) is 12.9. The summed E-state index contributed by atoms with van der Waals surface area (Å²) in [6.07, 6.45) is 5.34. The number of para-hydroxylation sites is 1. The molecule has 2 aliphatic rings. The van der Waals surface area contributed by atoms with Gasteiger partial charge in [0.2, 0.25) is 0 Å². The van der Waals surface area contributed by atoms with Gasteiger partial charge in [0.15, 0.2) is 0 Å². The lowest BCUT2D eigenvalue weighted by molar-refractivity contribution is -0.140. The number of ketones is 1. The van der Waals surface area contributed by atoms with Crippen LogP contribution in [0.25, 0.3) is 0 Å². The fourth-order valence-electron chi connectivity index (χ4n) is 7.94. The van der Waals surface area contributed by atoms with E-state index >= 15 is 0 Å². The average molecular weight is 571 g/mol. The fraction of sp³-hybridized carbons (Fsp3) is 0.472.